The first-order valence-corrected chi connectivity index (χ1v) is 9.35. The number of aryl methyl sites for hydroxylation is 2. The van der Waals surface area contributed by atoms with E-state index in [1.165, 1.54) is 4.90 Å². The highest BCUT2D eigenvalue weighted by atomic mass is 79.9. The summed E-state index contributed by atoms with van der Waals surface area (Å²) in [5.74, 6) is -0.565. The van der Waals surface area contributed by atoms with Gasteiger partial charge in [-0.05, 0) is 60.7 Å². The fourth-order valence-corrected chi connectivity index (χ4v) is 4.67. The molecular weight excluding hydrogens is 446 g/mol. The van der Waals surface area contributed by atoms with Crippen LogP contribution in [0.5, 0.6) is 0 Å². The molecule has 25 heavy (non-hydrogen) atoms. The highest BCUT2D eigenvalue weighted by molar-refractivity contribution is 9.11. The zero-order chi connectivity index (χ0) is 17.9. The van der Waals surface area contributed by atoms with E-state index in [-0.39, 0.29) is 11.8 Å². The van der Waals surface area contributed by atoms with Gasteiger partial charge < -0.3 is 0 Å². The van der Waals surface area contributed by atoms with Crippen LogP contribution in [-0.4, -0.2) is 11.8 Å². The Morgan fingerprint density at radius 1 is 0.840 bits per heavy atom. The van der Waals surface area contributed by atoms with E-state index in [4.69, 9.17) is 0 Å². The molecule has 3 nitrogen and oxygen atoms in total. The third-order valence-corrected chi connectivity index (χ3v) is 5.68. The zero-order valence-electron chi connectivity index (χ0n) is 13.6. The van der Waals surface area contributed by atoms with Crippen LogP contribution in [0.15, 0.2) is 51.4 Å². The molecule has 0 fully saturated rings. The summed E-state index contributed by atoms with van der Waals surface area (Å²) in [6.07, 6.45) is 0. The van der Waals surface area contributed by atoms with E-state index in [0.717, 1.165) is 30.8 Å². The number of hydrogen-bond acceptors (Lipinski definition) is 2. The van der Waals surface area contributed by atoms with Crippen LogP contribution in [0, 0.1) is 13.8 Å². The van der Waals surface area contributed by atoms with Crippen molar-refractivity contribution in [2.45, 2.75) is 13.8 Å². The van der Waals surface area contributed by atoms with E-state index in [1.807, 2.05) is 44.2 Å². The number of carbonyl (C=O) groups excluding carboxylic acids is 2. The summed E-state index contributed by atoms with van der Waals surface area (Å²) in [4.78, 5) is 27.7. The second-order valence-corrected chi connectivity index (χ2v) is 7.93. The fraction of sp³-hybridized carbons (Fsp3) is 0.100. The van der Waals surface area contributed by atoms with Crippen molar-refractivity contribution in [2.24, 2.45) is 0 Å². The zero-order valence-corrected chi connectivity index (χ0v) is 16.7. The van der Waals surface area contributed by atoms with Crippen molar-refractivity contribution in [3.63, 3.8) is 0 Å². The van der Waals surface area contributed by atoms with Gasteiger partial charge in [0.05, 0.1) is 5.69 Å². The predicted octanol–water partition coefficient (Wildman–Crippen LogP) is 5.78. The number of hydrogen-bond donors (Lipinski definition) is 0. The number of rotatable bonds is 1. The summed E-state index contributed by atoms with van der Waals surface area (Å²) in [7, 11) is 0. The Labute approximate surface area is 161 Å². The highest BCUT2D eigenvalue weighted by Crippen LogP contribution is 2.38. The molecule has 0 spiro atoms. The van der Waals surface area contributed by atoms with Crippen molar-refractivity contribution in [3.05, 3.63) is 73.7 Å². The number of benzene rings is 3. The normalized spacial score (nSPS) is 13.7. The average molecular weight is 459 g/mol. The van der Waals surface area contributed by atoms with Gasteiger partial charge in [0, 0.05) is 25.5 Å². The molecule has 1 aliphatic heterocycles. The monoisotopic (exact) mass is 457 g/mol. The Kier molecular flexibility index (Phi) is 3.81. The van der Waals surface area contributed by atoms with Gasteiger partial charge in [-0.3, -0.25) is 9.59 Å². The van der Waals surface area contributed by atoms with E-state index >= 15 is 0 Å². The Hall–Kier alpha value is -1.98. The minimum Gasteiger partial charge on any atom is -0.268 e. The molecule has 0 aliphatic carbocycles. The molecule has 4 rings (SSSR count). The third kappa shape index (κ3) is 2.37. The van der Waals surface area contributed by atoms with Gasteiger partial charge in [-0.1, -0.05) is 44.0 Å². The Bertz CT molecular complexity index is 1040. The molecule has 0 atom stereocenters. The maximum absolute atomic E-state index is 13.2. The molecule has 0 bridgehead atoms. The summed E-state index contributed by atoms with van der Waals surface area (Å²) in [5, 5.41) is 1.59. The SMILES string of the molecule is Cc1cc(Br)cc(C)c1N1C(=O)c2cccc3c(Br)ccc(c23)C1=O. The number of carbonyl (C=O) groups is 2. The van der Waals surface area contributed by atoms with Crippen LogP contribution in [0.4, 0.5) is 5.69 Å². The highest BCUT2D eigenvalue weighted by Gasteiger charge is 2.35. The fourth-order valence-electron chi connectivity index (χ4n) is 3.52. The van der Waals surface area contributed by atoms with E-state index in [0.29, 0.717) is 16.8 Å². The van der Waals surface area contributed by atoms with Gasteiger partial charge in [0.1, 0.15) is 0 Å². The molecule has 124 valence electrons. The van der Waals surface area contributed by atoms with Crippen LogP contribution in [-0.2, 0) is 0 Å². The molecule has 3 aromatic carbocycles. The molecule has 0 unspecified atom stereocenters. The molecule has 0 saturated carbocycles. The van der Waals surface area contributed by atoms with Gasteiger partial charge in [-0.25, -0.2) is 4.90 Å². The lowest BCUT2D eigenvalue weighted by molar-refractivity contribution is 0.0893. The van der Waals surface area contributed by atoms with Crippen molar-refractivity contribution < 1.29 is 9.59 Å². The lowest BCUT2D eigenvalue weighted by atomic mass is 9.93. The average Bonchev–Trinajstić information content (AvgIpc) is 2.56. The van der Waals surface area contributed by atoms with Crippen LogP contribution in [0.25, 0.3) is 10.8 Å². The van der Waals surface area contributed by atoms with Crippen molar-refractivity contribution >= 4 is 60.1 Å². The van der Waals surface area contributed by atoms with Crippen LogP contribution in [0.3, 0.4) is 0 Å². The van der Waals surface area contributed by atoms with E-state index < -0.39 is 0 Å². The van der Waals surface area contributed by atoms with Crippen LogP contribution in [0.1, 0.15) is 31.8 Å². The largest absolute Gasteiger partial charge is 0.268 e. The first kappa shape index (κ1) is 16.5. The lowest BCUT2D eigenvalue weighted by Crippen LogP contribution is -2.41. The smallest absolute Gasteiger partial charge is 0.266 e. The molecule has 0 N–H and O–H groups in total. The van der Waals surface area contributed by atoms with Crippen molar-refractivity contribution in [3.8, 4) is 0 Å². The van der Waals surface area contributed by atoms with Crippen LogP contribution in [0.2, 0.25) is 0 Å². The first-order valence-electron chi connectivity index (χ1n) is 7.77. The topological polar surface area (TPSA) is 37.4 Å². The summed E-state index contributed by atoms with van der Waals surface area (Å²) < 4.78 is 1.80. The second-order valence-electron chi connectivity index (χ2n) is 6.16. The van der Waals surface area contributed by atoms with Gasteiger partial charge in [-0.2, -0.15) is 0 Å². The standard InChI is InChI=1S/C20H13Br2NO2/c1-10-8-12(21)9-11(2)18(10)23-19(24)14-5-3-4-13-16(22)7-6-15(17(13)14)20(23)25/h3-9H,1-2H3. The summed E-state index contributed by atoms with van der Waals surface area (Å²) in [5.41, 5.74) is 3.51. The molecule has 1 heterocycles. The van der Waals surface area contributed by atoms with Crippen molar-refractivity contribution in [2.75, 3.05) is 4.90 Å². The lowest BCUT2D eigenvalue weighted by Gasteiger charge is -2.29. The van der Waals surface area contributed by atoms with Gasteiger partial charge in [0.15, 0.2) is 0 Å². The number of halogens is 2. The molecule has 5 heteroatoms. The number of anilines is 1. The number of amides is 2. The maximum Gasteiger partial charge on any atom is 0.266 e. The number of nitrogens with zero attached hydrogens (tertiary/aromatic N) is 1. The van der Waals surface area contributed by atoms with Crippen molar-refractivity contribution in [1.82, 2.24) is 0 Å². The Balaban J connectivity index is 2.03. The quantitative estimate of drug-likeness (QED) is 0.433. The molecule has 1 aliphatic rings. The van der Waals surface area contributed by atoms with Gasteiger partial charge in [-0.15, -0.1) is 0 Å². The third-order valence-electron chi connectivity index (χ3n) is 4.53. The van der Waals surface area contributed by atoms with Gasteiger partial charge in [0.25, 0.3) is 11.8 Å². The van der Waals surface area contributed by atoms with E-state index in [9.17, 15) is 9.59 Å². The maximum atomic E-state index is 13.2. The van der Waals surface area contributed by atoms with Crippen LogP contribution >= 0.6 is 31.9 Å². The van der Waals surface area contributed by atoms with Gasteiger partial charge in [0.2, 0.25) is 0 Å². The molecular formula is C20H13Br2NO2. The van der Waals surface area contributed by atoms with Gasteiger partial charge >= 0.3 is 0 Å². The summed E-state index contributed by atoms with van der Waals surface area (Å²) in [6, 6.07) is 13.0. The molecule has 0 aromatic heterocycles. The minimum atomic E-state index is -0.283. The number of imide groups is 1. The predicted molar refractivity (Wildman–Crippen MR) is 106 cm³/mol. The van der Waals surface area contributed by atoms with E-state index in [1.54, 1.807) is 12.1 Å². The Morgan fingerprint density at radius 2 is 1.44 bits per heavy atom. The van der Waals surface area contributed by atoms with Crippen LogP contribution < -0.4 is 4.90 Å². The minimum absolute atomic E-state index is 0.283. The van der Waals surface area contributed by atoms with Crippen molar-refractivity contribution in [1.29, 1.82) is 0 Å². The summed E-state index contributed by atoms with van der Waals surface area (Å²) in [6.45, 7) is 3.82. The second kappa shape index (κ2) is 5.78. The van der Waals surface area contributed by atoms with E-state index in [2.05, 4.69) is 31.9 Å². The molecule has 2 amide bonds. The first-order chi connectivity index (χ1) is 11.9. The molecule has 0 saturated heterocycles. The molecule has 3 aromatic rings. The summed E-state index contributed by atoms with van der Waals surface area (Å²) >= 11 is 6.97. The molecule has 0 radical (unpaired) electrons. The Morgan fingerprint density at radius 3 is 2.08 bits per heavy atom.